The molecule has 0 fully saturated rings. The van der Waals surface area contributed by atoms with E-state index in [1.807, 2.05) is 0 Å². The molecule has 0 aliphatic rings. The van der Waals surface area contributed by atoms with Crippen molar-refractivity contribution in [2.75, 3.05) is 7.11 Å². The number of methoxy groups -OCH3 is 1. The van der Waals surface area contributed by atoms with Crippen LogP contribution in [0.15, 0.2) is 29.8 Å². The molecule has 10 heavy (non-hydrogen) atoms. The summed E-state index contributed by atoms with van der Waals surface area (Å²) >= 11 is 0. The quantitative estimate of drug-likeness (QED) is 0.430. The van der Waals surface area contributed by atoms with Crippen LogP contribution in [0.1, 0.15) is 0 Å². The van der Waals surface area contributed by atoms with E-state index in [-0.39, 0.29) is 0 Å². The summed E-state index contributed by atoms with van der Waals surface area (Å²) in [7, 11) is 1.27. The summed E-state index contributed by atoms with van der Waals surface area (Å²) in [5.41, 5.74) is 0. The topological polar surface area (TPSA) is 38.7 Å². The molecule has 0 aromatic heterocycles. The largest absolute Gasteiger partial charge is 0.451 e. The van der Waals surface area contributed by atoms with Crippen molar-refractivity contribution in [3.63, 3.8) is 0 Å². The molecular formula is C7H9NO2. The van der Waals surface area contributed by atoms with Gasteiger partial charge in [0.15, 0.2) is 0 Å². The summed E-state index contributed by atoms with van der Waals surface area (Å²) in [5, 5.41) is 0. The van der Waals surface area contributed by atoms with Gasteiger partial charge in [-0.15, -0.1) is 0 Å². The summed E-state index contributed by atoms with van der Waals surface area (Å²) in [6.45, 7) is 3.43. The SMILES string of the molecule is C=C/C=C/C=N/C(=O)OC. The highest BCUT2D eigenvalue weighted by Crippen LogP contribution is 1.77. The van der Waals surface area contributed by atoms with Gasteiger partial charge in [0.1, 0.15) is 0 Å². The molecule has 0 atom stereocenters. The maximum atomic E-state index is 10.3. The first-order chi connectivity index (χ1) is 4.81. The molecule has 0 unspecified atom stereocenters. The number of ether oxygens (including phenoxy) is 1. The fourth-order valence-electron chi connectivity index (χ4n) is 0.285. The zero-order valence-corrected chi connectivity index (χ0v) is 5.78. The van der Waals surface area contributed by atoms with Gasteiger partial charge >= 0.3 is 6.09 Å². The van der Waals surface area contributed by atoms with Crippen LogP contribution in [0.3, 0.4) is 0 Å². The Morgan fingerprint density at radius 1 is 1.60 bits per heavy atom. The molecule has 0 spiro atoms. The van der Waals surface area contributed by atoms with Gasteiger partial charge in [-0.3, -0.25) is 0 Å². The molecule has 0 rings (SSSR count). The number of hydrogen-bond acceptors (Lipinski definition) is 2. The molecule has 0 aliphatic heterocycles. The number of rotatable bonds is 2. The maximum Gasteiger partial charge on any atom is 0.433 e. The number of carbonyl (C=O) groups is 1. The van der Waals surface area contributed by atoms with Crippen LogP contribution in [-0.4, -0.2) is 19.4 Å². The van der Waals surface area contributed by atoms with Gasteiger partial charge in [-0.05, 0) is 6.08 Å². The van der Waals surface area contributed by atoms with Crippen LogP contribution in [0, 0.1) is 0 Å². The highest BCUT2D eigenvalue weighted by atomic mass is 16.5. The molecule has 0 saturated carbocycles. The van der Waals surface area contributed by atoms with Gasteiger partial charge in [-0.25, -0.2) is 4.79 Å². The van der Waals surface area contributed by atoms with Crippen LogP contribution in [0.4, 0.5) is 4.79 Å². The lowest BCUT2D eigenvalue weighted by Gasteiger charge is -1.84. The van der Waals surface area contributed by atoms with Crippen molar-refractivity contribution in [1.82, 2.24) is 0 Å². The average Bonchev–Trinajstić information content (AvgIpc) is 1.98. The number of carbonyl (C=O) groups excluding carboxylic acids is 1. The second-order valence-electron chi connectivity index (χ2n) is 1.37. The van der Waals surface area contributed by atoms with E-state index in [0.717, 1.165) is 0 Å². The highest BCUT2D eigenvalue weighted by Gasteiger charge is 1.87. The van der Waals surface area contributed by atoms with Crippen LogP contribution in [-0.2, 0) is 4.74 Å². The van der Waals surface area contributed by atoms with Crippen molar-refractivity contribution in [2.45, 2.75) is 0 Å². The number of aliphatic imine (C=N–C) groups is 1. The molecule has 54 valence electrons. The maximum absolute atomic E-state index is 10.3. The molecule has 0 heterocycles. The third kappa shape index (κ3) is 4.77. The van der Waals surface area contributed by atoms with Gasteiger partial charge in [0.25, 0.3) is 0 Å². The van der Waals surface area contributed by atoms with E-state index >= 15 is 0 Å². The van der Waals surface area contributed by atoms with Gasteiger partial charge in [-0.1, -0.05) is 18.7 Å². The summed E-state index contributed by atoms with van der Waals surface area (Å²) < 4.78 is 4.23. The molecular weight excluding hydrogens is 130 g/mol. The van der Waals surface area contributed by atoms with Gasteiger partial charge in [0, 0.05) is 6.21 Å². The number of nitrogens with zero attached hydrogens (tertiary/aromatic N) is 1. The molecule has 0 aromatic carbocycles. The van der Waals surface area contributed by atoms with E-state index in [1.165, 1.54) is 13.3 Å². The molecule has 0 aromatic rings. The van der Waals surface area contributed by atoms with Crippen LogP contribution < -0.4 is 0 Å². The van der Waals surface area contributed by atoms with Gasteiger partial charge < -0.3 is 4.74 Å². The summed E-state index contributed by atoms with van der Waals surface area (Å²) in [4.78, 5) is 13.7. The van der Waals surface area contributed by atoms with Gasteiger partial charge in [0.2, 0.25) is 0 Å². The van der Waals surface area contributed by atoms with E-state index in [9.17, 15) is 4.79 Å². The first-order valence-corrected chi connectivity index (χ1v) is 2.71. The summed E-state index contributed by atoms with van der Waals surface area (Å²) in [6, 6.07) is 0. The fourth-order valence-corrected chi connectivity index (χ4v) is 0.285. The Morgan fingerprint density at radius 3 is 2.80 bits per heavy atom. The Hall–Kier alpha value is -1.38. The predicted molar refractivity (Wildman–Crippen MR) is 40.2 cm³/mol. The predicted octanol–water partition coefficient (Wildman–Crippen LogP) is 1.57. The Bertz CT molecular complexity index is 170. The van der Waals surface area contributed by atoms with Crippen LogP contribution >= 0.6 is 0 Å². The smallest absolute Gasteiger partial charge is 0.433 e. The molecule has 0 radical (unpaired) electrons. The van der Waals surface area contributed by atoms with Crippen molar-refractivity contribution in [1.29, 1.82) is 0 Å². The molecule has 3 heteroatoms. The third-order valence-electron chi connectivity index (χ3n) is 0.688. The van der Waals surface area contributed by atoms with Gasteiger partial charge in [0.05, 0.1) is 7.11 Å². The molecule has 0 saturated heterocycles. The van der Waals surface area contributed by atoms with Crippen LogP contribution in [0.25, 0.3) is 0 Å². The second-order valence-corrected chi connectivity index (χ2v) is 1.37. The van der Waals surface area contributed by atoms with Crippen molar-refractivity contribution >= 4 is 12.3 Å². The van der Waals surface area contributed by atoms with Crippen LogP contribution in [0.2, 0.25) is 0 Å². The van der Waals surface area contributed by atoms with Gasteiger partial charge in [-0.2, -0.15) is 4.99 Å². The Labute approximate surface area is 59.7 Å². The second kappa shape index (κ2) is 5.75. The van der Waals surface area contributed by atoms with Crippen molar-refractivity contribution in [2.24, 2.45) is 4.99 Å². The Balaban J connectivity index is 3.65. The zero-order valence-electron chi connectivity index (χ0n) is 5.78. The molecule has 1 amide bonds. The number of allylic oxidation sites excluding steroid dienone is 3. The average molecular weight is 139 g/mol. The van der Waals surface area contributed by atoms with E-state index < -0.39 is 6.09 Å². The Kier molecular flexibility index (Phi) is 4.96. The molecule has 3 nitrogen and oxygen atoms in total. The lowest BCUT2D eigenvalue weighted by molar-refractivity contribution is 0.183. The standard InChI is InChI=1S/C7H9NO2/c1-3-4-5-6-8-7(9)10-2/h3-6H,1H2,2H3/b5-4+,8-6+. The van der Waals surface area contributed by atoms with Crippen molar-refractivity contribution in [3.05, 3.63) is 24.8 Å². The number of hydrogen-bond donors (Lipinski definition) is 0. The van der Waals surface area contributed by atoms with E-state index in [2.05, 4.69) is 16.3 Å². The minimum Gasteiger partial charge on any atom is -0.451 e. The van der Waals surface area contributed by atoms with E-state index in [4.69, 9.17) is 0 Å². The number of amides is 1. The fraction of sp³-hybridized carbons (Fsp3) is 0.143. The van der Waals surface area contributed by atoms with Crippen LogP contribution in [0.5, 0.6) is 0 Å². The van der Waals surface area contributed by atoms with E-state index in [1.54, 1.807) is 18.2 Å². The lowest BCUT2D eigenvalue weighted by Crippen LogP contribution is -1.91. The van der Waals surface area contributed by atoms with Crippen molar-refractivity contribution < 1.29 is 9.53 Å². The molecule has 0 aliphatic carbocycles. The zero-order chi connectivity index (χ0) is 7.82. The third-order valence-corrected chi connectivity index (χ3v) is 0.688. The molecule has 0 bridgehead atoms. The van der Waals surface area contributed by atoms with E-state index in [0.29, 0.717) is 0 Å². The minimum atomic E-state index is -0.603. The minimum absolute atomic E-state index is 0.603. The Morgan fingerprint density at radius 2 is 2.30 bits per heavy atom. The highest BCUT2D eigenvalue weighted by molar-refractivity contribution is 5.84. The summed E-state index contributed by atoms with van der Waals surface area (Å²) in [5.74, 6) is 0. The summed E-state index contributed by atoms with van der Waals surface area (Å²) in [6.07, 6.45) is 5.57. The lowest BCUT2D eigenvalue weighted by atomic mass is 10.5. The monoisotopic (exact) mass is 139 g/mol. The first kappa shape index (κ1) is 8.62. The first-order valence-electron chi connectivity index (χ1n) is 2.71. The normalized spacial score (nSPS) is 10.5. The molecule has 0 N–H and O–H groups in total. The van der Waals surface area contributed by atoms with Crippen molar-refractivity contribution in [3.8, 4) is 0 Å².